The number of imidazole rings is 1. The Hall–Kier alpha value is -11.4. The fraction of sp³-hybridized carbons (Fsp3) is 0.619. The van der Waals surface area contributed by atoms with Crippen molar-refractivity contribution in [3.8, 4) is 11.5 Å². The highest BCUT2D eigenvalue weighted by molar-refractivity contribution is 7.54. The van der Waals surface area contributed by atoms with E-state index in [2.05, 4.69) is 51.6 Å². The smallest absolute Gasteiger partial charge is 0.351 e. The highest BCUT2D eigenvalue weighted by atomic mass is 35.5. The summed E-state index contributed by atoms with van der Waals surface area (Å²) in [4.78, 5) is 231. The zero-order valence-corrected chi connectivity index (χ0v) is 80.6. The van der Waals surface area contributed by atoms with Crippen LogP contribution in [0.3, 0.4) is 0 Å². The van der Waals surface area contributed by atoms with Crippen LogP contribution in [-0.4, -0.2) is 348 Å². The van der Waals surface area contributed by atoms with Crippen molar-refractivity contribution in [2.24, 2.45) is 39.7 Å². The molecule has 1 aliphatic carbocycles. The fourth-order valence-corrected chi connectivity index (χ4v) is 18.6. The summed E-state index contributed by atoms with van der Waals surface area (Å²) in [7, 11) is 6.17. The van der Waals surface area contributed by atoms with Gasteiger partial charge in [-0.3, -0.25) is 71.7 Å². The van der Waals surface area contributed by atoms with Gasteiger partial charge in [-0.1, -0.05) is 66.7 Å². The summed E-state index contributed by atoms with van der Waals surface area (Å²) in [5, 5.41) is 50.6. The molecule has 15 N–H and O–H groups in total. The molecule has 2 aromatic heterocycles. The number of carbonyl (C=O) groups excluding carboxylic acids is 13. The molecular weight excluding hydrogens is 1820 g/mol. The number of hydrogen-bond acceptors (Lipinski definition) is 31. The number of nitrogen functional groups attached to an aromatic ring is 2. The van der Waals surface area contributed by atoms with Gasteiger partial charge in [-0.05, 0) is 101 Å². The minimum absolute atomic E-state index is 0.0537. The number of cyclic esters (lactones) is 2. The van der Waals surface area contributed by atoms with E-state index in [9.17, 15) is 77.1 Å². The van der Waals surface area contributed by atoms with E-state index in [1.54, 1.807) is 81.1 Å². The van der Waals surface area contributed by atoms with Crippen LogP contribution in [0.2, 0.25) is 0 Å². The van der Waals surface area contributed by atoms with E-state index in [1.807, 2.05) is 0 Å². The number of H-pyrrole nitrogens is 1. The number of nitrogens with one attached hydrogen (secondary N) is 6. The number of anilines is 2. The van der Waals surface area contributed by atoms with Crippen LogP contribution in [0.25, 0.3) is 22.6 Å². The highest BCUT2D eigenvalue weighted by Crippen LogP contribution is 2.48. The second-order valence-corrected chi connectivity index (χ2v) is 37.7. The number of esters is 2. The molecule has 3 aromatic rings. The van der Waals surface area contributed by atoms with Crippen molar-refractivity contribution in [3.63, 3.8) is 0 Å². The number of aliphatic hydroxyl groups excluding tert-OH is 3. The number of halogens is 2. The molecule has 9 heterocycles. The van der Waals surface area contributed by atoms with Gasteiger partial charge in [-0.25, -0.2) is 34.1 Å². The lowest BCUT2D eigenvalue weighted by Gasteiger charge is -2.36. The summed E-state index contributed by atoms with van der Waals surface area (Å²) in [6.45, 7) is 20.2. The van der Waals surface area contributed by atoms with Crippen LogP contribution in [0, 0.1) is 37.5 Å². The number of ether oxygens (including phenoxy) is 3. The average Bonchev–Trinajstić information content (AvgIpc) is 1.10. The molecule has 0 bridgehead atoms. The molecule has 11 amide bonds. The second kappa shape index (κ2) is 47.2. The van der Waals surface area contributed by atoms with Gasteiger partial charge in [0.25, 0.3) is 17.7 Å². The molecule has 6 saturated heterocycles. The number of nitrogens with two attached hydrogens (primary N) is 3. The first-order chi connectivity index (χ1) is 63.0. The zero-order chi connectivity index (χ0) is 99.8. The maximum absolute atomic E-state index is 15.2. The Morgan fingerprint density at radius 3 is 1.64 bits per heavy atom. The summed E-state index contributed by atoms with van der Waals surface area (Å²) in [6.07, 6.45) is -2.69. The minimum Gasteiger partial charge on any atom is -0.458 e. The number of likely N-dealkylation sites (N-methyl/N-ethyl adjacent to an activating group) is 4. The SMILES string of the molecule is CN(C)/N=N/c1[nH]cnc1C(N)=O.Cc1c2oc3c(C)ccc(C(=O)NC4C(=O)NC(C(C)C)C(=O)N5CCCC5C(=O)N(C)CC(=O)N(C)C(C(C)C)C(=O)OC4C)c3nc-2c(C(=O)NC2C(=O)NC(C(C)C)C(=O)N3CCCC3C(=O)N(C)CC(=O)N(C)C(C(C)C)C(=O)OC2C)c(N)c1=O.Nc1ccn([C@@H]2O[C@H](CO)[C@@H](O)[C@@H]2O)c(=O)n1.O=P1(N(CCCl)CCCl)NCCCO1. The molecule has 50 heteroatoms. The van der Waals surface area contributed by atoms with Crippen LogP contribution in [0.15, 0.2) is 55.1 Å². The van der Waals surface area contributed by atoms with E-state index in [0.717, 1.165) is 27.3 Å². The second-order valence-electron chi connectivity index (χ2n) is 34.8. The number of alkyl halides is 2. The number of hydrogen-bond donors (Lipinski definition) is 12. The number of aromatic amines is 1. The number of aliphatic hydroxyl groups is 3. The lowest BCUT2D eigenvalue weighted by Crippen LogP contribution is -2.61. The number of fused-ring (bicyclic) bond motifs is 4. The first-order valence-corrected chi connectivity index (χ1v) is 46.3. The Balaban J connectivity index is 0.000000401. The van der Waals surface area contributed by atoms with E-state index in [-0.39, 0.29) is 71.2 Å². The molecule has 7 aliphatic heterocycles. The summed E-state index contributed by atoms with van der Waals surface area (Å²) in [5.41, 5.74) is 13.3. The van der Waals surface area contributed by atoms with Crippen LogP contribution < -0.4 is 54.7 Å². The van der Waals surface area contributed by atoms with Gasteiger partial charge in [0, 0.05) is 98.5 Å². The highest BCUT2D eigenvalue weighted by Gasteiger charge is 2.49. The number of rotatable bonds is 18. The van der Waals surface area contributed by atoms with Gasteiger partial charge >= 0.3 is 25.3 Å². The third kappa shape index (κ3) is 25.2. The molecule has 11 unspecified atom stereocenters. The van der Waals surface area contributed by atoms with Crippen molar-refractivity contribution in [3.05, 3.63) is 79.4 Å². The number of carbonyl (C=O) groups is 13. The van der Waals surface area contributed by atoms with E-state index >= 15 is 9.59 Å². The lowest BCUT2D eigenvalue weighted by molar-refractivity contribution is -0.163. The number of primary amides is 1. The summed E-state index contributed by atoms with van der Waals surface area (Å²) < 4.78 is 43.7. The van der Waals surface area contributed by atoms with Crippen molar-refractivity contribution in [2.75, 3.05) is 125 Å². The molecule has 47 nitrogen and oxygen atoms in total. The summed E-state index contributed by atoms with van der Waals surface area (Å²) in [5.74, 6) is -11.8. The predicted molar refractivity (Wildman–Crippen MR) is 486 cm³/mol. The first kappa shape index (κ1) is 108. The summed E-state index contributed by atoms with van der Waals surface area (Å²) >= 11 is 11.2. The molecule has 8 aliphatic rings. The fourth-order valence-electron chi connectivity index (χ4n) is 16.0. The molecule has 15 atom stereocenters. The number of aromatic nitrogens is 5. The van der Waals surface area contributed by atoms with Gasteiger partial charge in [0.1, 0.15) is 95.9 Å². The van der Waals surface area contributed by atoms with Crippen LogP contribution in [0.1, 0.15) is 150 Å². The summed E-state index contributed by atoms with van der Waals surface area (Å²) in [6, 6.07) is -6.53. The molecule has 11 rings (SSSR count). The molecule has 0 saturated carbocycles. The Morgan fingerprint density at radius 2 is 1.20 bits per heavy atom. The topological polar surface area (TPSA) is 632 Å². The minimum atomic E-state index is -2.84. The van der Waals surface area contributed by atoms with E-state index in [4.69, 9.17) is 73.6 Å². The maximum atomic E-state index is 15.2. The van der Waals surface area contributed by atoms with Gasteiger partial charge in [0.05, 0.1) is 49.4 Å². The van der Waals surface area contributed by atoms with Gasteiger partial charge < -0.3 is 111 Å². The molecule has 134 heavy (non-hydrogen) atoms. The number of nitrogens with zero attached hydrogens (tertiary/aromatic N) is 14. The number of benzene rings is 2. The van der Waals surface area contributed by atoms with Crippen LogP contribution in [0.5, 0.6) is 0 Å². The van der Waals surface area contributed by atoms with Gasteiger partial charge in [-0.2, -0.15) is 4.98 Å². The average molecular weight is 1940 g/mol. The van der Waals surface area contributed by atoms with Gasteiger partial charge in [0.15, 0.2) is 29.1 Å². The monoisotopic (exact) mass is 1940 g/mol. The lowest BCUT2D eigenvalue weighted by atomic mass is 9.98. The largest absolute Gasteiger partial charge is 0.458 e. The van der Waals surface area contributed by atoms with E-state index in [1.165, 1.54) is 104 Å². The third-order valence-electron chi connectivity index (χ3n) is 23.3. The maximum Gasteiger partial charge on any atom is 0.351 e. The zero-order valence-electron chi connectivity index (χ0n) is 78.2. The van der Waals surface area contributed by atoms with E-state index in [0.29, 0.717) is 49.9 Å². The predicted octanol–water partition coefficient (Wildman–Crippen LogP) is 0.116. The molecule has 0 radical (unpaired) electrons. The molecular formula is C84H124Cl2N23O24P. The first-order valence-electron chi connectivity index (χ1n) is 43.7. The van der Waals surface area contributed by atoms with Crippen molar-refractivity contribution in [1.29, 1.82) is 0 Å². The molecule has 6 fully saturated rings. The standard InChI is InChI=1S/C62H86N12O16.C9H13N3O5.C7H15Cl2N2O2P.C6H10N6O/c1-27(2)42-59(84)73-23-17-19-36(73)57(82)69(13)25-38(75)71(15)48(29(5)6)61(86)88-33(11)44(55(80)65-42)67-53(78)35-22-21-31(9)51-46(35)64-47-40(41(63)50(77)32(10)52(47)90-51)54(79)68-45-34(12)89-62(87)49(30(7)8)72(16)39(76)26-70(14)58(83)37-20-18-24-74(37)60(85)43(28(3)4)66-56(45)81;10-5-1-2-12(9(16)11-5)8-7(15)6(14)4(3-13)17-8;8-2-5-11(6-3-9)14(12)10-4-1-7-13-14;1-12(2)11-10-6-4(5(7)13)8-3-9-6/h21-22,27-30,33-34,36-37,42-45,48-49H,17-20,23-26,63H2,1-16H3,(H,65,80)(H,66,81)(H,67,78)(H,68,79);1-2,4,6-8,13-15H,3H2,(H2,10,11,16);1-7H2,(H,10,12);3H,1-2H3,(H2,7,13)(H,8,9)/b;;;11-10+/t;4-,6-,7+,8-;;/m.1../s1. The molecule has 1 aromatic carbocycles. The normalized spacial score (nSPS) is 25.8. The number of amides is 11. The van der Waals surface area contributed by atoms with Crippen molar-refractivity contribution in [2.45, 2.75) is 200 Å². The van der Waals surface area contributed by atoms with Crippen LogP contribution in [0.4, 0.5) is 17.3 Å². The van der Waals surface area contributed by atoms with Gasteiger partial charge in [0.2, 0.25) is 52.7 Å². The third-order valence-corrected chi connectivity index (χ3v) is 25.9. The quantitative estimate of drug-likeness (QED) is 0.0105. The molecule has 0 spiro atoms. The number of aryl methyl sites for hydroxylation is 1. The Labute approximate surface area is 783 Å². The van der Waals surface area contributed by atoms with Gasteiger partial charge in [-0.15, -0.1) is 28.3 Å². The van der Waals surface area contributed by atoms with Crippen LogP contribution >= 0.6 is 30.9 Å². The Kier molecular flexibility index (Phi) is 38.0. The van der Waals surface area contributed by atoms with E-state index < -0.39 is 241 Å². The van der Waals surface area contributed by atoms with Crippen LogP contribution in [-0.2, 0) is 71.2 Å². The Morgan fingerprint density at radius 1 is 0.694 bits per heavy atom. The van der Waals surface area contributed by atoms with Crippen molar-refractivity contribution >= 4 is 136 Å². The van der Waals surface area contributed by atoms with Crippen molar-refractivity contribution in [1.82, 2.24) is 89.9 Å². The van der Waals surface area contributed by atoms with Crippen molar-refractivity contribution < 1.29 is 105 Å². The Bertz CT molecular complexity index is 5290. The molecule has 738 valence electrons.